The summed E-state index contributed by atoms with van der Waals surface area (Å²) in [4.78, 5) is 12.8. The van der Waals surface area contributed by atoms with Crippen molar-refractivity contribution >= 4 is 21.6 Å². The Labute approximate surface area is 175 Å². The average Bonchev–Trinajstić information content (AvgIpc) is 2.77. The third-order valence-electron chi connectivity index (χ3n) is 4.39. The van der Waals surface area contributed by atoms with Crippen LogP contribution in [0.4, 0.5) is 5.69 Å². The first kappa shape index (κ1) is 21.2. The van der Waals surface area contributed by atoms with Crippen LogP contribution in [-0.4, -0.2) is 28.5 Å². The summed E-state index contributed by atoms with van der Waals surface area (Å²) in [7, 11) is -0.656. The van der Waals surface area contributed by atoms with Crippen molar-refractivity contribution in [2.24, 2.45) is 0 Å². The van der Waals surface area contributed by atoms with Crippen LogP contribution in [0.25, 0.3) is 0 Å². The highest BCUT2D eigenvalue weighted by Crippen LogP contribution is 2.28. The maximum absolute atomic E-state index is 12.6. The number of carbonyl (C=O) groups is 1. The first-order valence-corrected chi connectivity index (χ1v) is 10.6. The van der Waals surface area contributed by atoms with Crippen LogP contribution in [0.2, 0.25) is 0 Å². The van der Waals surface area contributed by atoms with Crippen molar-refractivity contribution in [2.45, 2.75) is 11.4 Å². The topological polar surface area (TPSA) is 93.7 Å². The van der Waals surface area contributed by atoms with Crippen molar-refractivity contribution in [2.75, 3.05) is 18.9 Å². The van der Waals surface area contributed by atoms with E-state index in [2.05, 4.69) is 10.0 Å². The van der Waals surface area contributed by atoms with Gasteiger partial charge in [0.15, 0.2) is 0 Å². The Kier molecular flexibility index (Phi) is 6.58. The van der Waals surface area contributed by atoms with Gasteiger partial charge in [-0.15, -0.1) is 0 Å². The molecule has 0 bridgehead atoms. The van der Waals surface area contributed by atoms with E-state index < -0.39 is 10.0 Å². The summed E-state index contributed by atoms with van der Waals surface area (Å²) in [6.07, 6.45) is 0. The van der Waals surface area contributed by atoms with Gasteiger partial charge >= 0.3 is 0 Å². The van der Waals surface area contributed by atoms with Crippen LogP contribution in [-0.2, 0) is 16.6 Å². The number of hydrogen-bond acceptors (Lipinski definition) is 5. The number of rotatable bonds is 8. The maximum Gasteiger partial charge on any atom is 0.261 e. The van der Waals surface area contributed by atoms with Crippen LogP contribution in [0.5, 0.6) is 11.5 Å². The molecule has 1 amide bonds. The first-order chi connectivity index (χ1) is 14.4. The lowest BCUT2D eigenvalue weighted by atomic mass is 10.1. The molecule has 7 nitrogen and oxygen atoms in total. The number of ether oxygens (including phenoxy) is 2. The van der Waals surface area contributed by atoms with Crippen molar-refractivity contribution in [1.29, 1.82) is 0 Å². The summed E-state index contributed by atoms with van der Waals surface area (Å²) in [6.45, 7) is 0.186. The molecule has 3 rings (SSSR count). The van der Waals surface area contributed by atoms with E-state index in [1.807, 2.05) is 0 Å². The normalized spacial score (nSPS) is 10.9. The van der Waals surface area contributed by atoms with Crippen molar-refractivity contribution in [3.63, 3.8) is 0 Å². The molecule has 8 heteroatoms. The number of sulfonamides is 1. The largest absolute Gasteiger partial charge is 0.496 e. The molecular weight excluding hydrogens is 404 g/mol. The molecule has 0 aliphatic carbocycles. The molecule has 0 aliphatic heterocycles. The number of methoxy groups -OCH3 is 2. The van der Waals surface area contributed by atoms with E-state index >= 15 is 0 Å². The lowest BCUT2D eigenvalue weighted by Gasteiger charge is -2.14. The molecule has 0 aromatic heterocycles. The minimum atomic E-state index is -3.74. The maximum atomic E-state index is 12.6. The predicted molar refractivity (Wildman–Crippen MR) is 114 cm³/mol. The van der Waals surface area contributed by atoms with Gasteiger partial charge in [-0.3, -0.25) is 9.52 Å². The Morgan fingerprint density at radius 1 is 0.867 bits per heavy atom. The van der Waals surface area contributed by atoms with Crippen molar-refractivity contribution in [1.82, 2.24) is 5.32 Å². The number of carbonyl (C=O) groups excluding carboxylic acids is 1. The molecule has 156 valence electrons. The van der Waals surface area contributed by atoms with Gasteiger partial charge in [0, 0.05) is 11.3 Å². The van der Waals surface area contributed by atoms with Crippen LogP contribution in [0, 0.1) is 0 Å². The fourth-order valence-corrected chi connectivity index (χ4v) is 3.98. The fourth-order valence-electron chi connectivity index (χ4n) is 2.91. The van der Waals surface area contributed by atoms with E-state index in [-0.39, 0.29) is 17.3 Å². The van der Waals surface area contributed by atoms with Crippen LogP contribution in [0.3, 0.4) is 0 Å². The van der Waals surface area contributed by atoms with Gasteiger partial charge < -0.3 is 14.8 Å². The number of benzene rings is 3. The number of nitrogens with one attached hydrogen (secondary N) is 2. The molecule has 0 aliphatic rings. The average molecular weight is 426 g/mol. The highest BCUT2D eigenvalue weighted by Gasteiger charge is 2.16. The molecule has 0 radical (unpaired) electrons. The summed E-state index contributed by atoms with van der Waals surface area (Å²) < 4.78 is 38.2. The van der Waals surface area contributed by atoms with E-state index in [4.69, 9.17) is 9.47 Å². The van der Waals surface area contributed by atoms with Gasteiger partial charge in [-0.1, -0.05) is 30.3 Å². The molecule has 0 saturated carbocycles. The second kappa shape index (κ2) is 9.32. The molecular formula is C22H22N2O5S. The number of anilines is 1. The molecule has 30 heavy (non-hydrogen) atoms. The molecule has 0 atom stereocenters. The zero-order valence-electron chi connectivity index (χ0n) is 16.6. The number of hydrogen-bond donors (Lipinski definition) is 2. The smallest absolute Gasteiger partial charge is 0.261 e. The van der Waals surface area contributed by atoms with E-state index in [1.54, 1.807) is 68.8 Å². The summed E-state index contributed by atoms with van der Waals surface area (Å²) in [5.74, 6) is 0.835. The van der Waals surface area contributed by atoms with E-state index in [0.29, 0.717) is 28.3 Å². The fraction of sp³-hybridized carbons (Fsp3) is 0.136. The van der Waals surface area contributed by atoms with Gasteiger partial charge in [0.25, 0.3) is 15.9 Å². The van der Waals surface area contributed by atoms with Crippen molar-refractivity contribution < 1.29 is 22.7 Å². The molecule has 0 heterocycles. The van der Waals surface area contributed by atoms with Crippen LogP contribution in [0.15, 0.2) is 77.7 Å². The van der Waals surface area contributed by atoms with Gasteiger partial charge in [0.05, 0.1) is 31.2 Å². The summed E-state index contributed by atoms with van der Waals surface area (Å²) in [6, 6.07) is 19.7. The summed E-state index contributed by atoms with van der Waals surface area (Å²) >= 11 is 0. The highest BCUT2D eigenvalue weighted by molar-refractivity contribution is 7.92. The van der Waals surface area contributed by atoms with Gasteiger partial charge in [-0.2, -0.15) is 0 Å². The monoisotopic (exact) mass is 426 g/mol. The lowest BCUT2D eigenvalue weighted by Crippen LogP contribution is -2.23. The standard InChI is InChI=1S/C22H22N2O5S/c1-28-20-12-7-13-21(29-2)19(20)15-23-22(25)16-8-6-9-17(14-16)24-30(26,27)18-10-4-3-5-11-18/h3-14,24H,15H2,1-2H3,(H,23,25). The second-order valence-electron chi connectivity index (χ2n) is 6.32. The Bertz CT molecular complexity index is 1110. The Hall–Kier alpha value is -3.52. The van der Waals surface area contributed by atoms with Gasteiger partial charge in [-0.05, 0) is 42.5 Å². The van der Waals surface area contributed by atoms with Crippen LogP contribution in [0.1, 0.15) is 15.9 Å². The Morgan fingerprint density at radius 3 is 2.13 bits per heavy atom. The van der Waals surface area contributed by atoms with Crippen LogP contribution < -0.4 is 19.5 Å². The minimum Gasteiger partial charge on any atom is -0.496 e. The molecule has 3 aromatic carbocycles. The van der Waals surface area contributed by atoms with E-state index in [0.717, 1.165) is 0 Å². The third-order valence-corrected chi connectivity index (χ3v) is 5.78. The van der Waals surface area contributed by atoms with Crippen molar-refractivity contribution in [3.8, 4) is 11.5 Å². The SMILES string of the molecule is COc1cccc(OC)c1CNC(=O)c1cccc(NS(=O)(=O)c2ccccc2)c1. The van der Waals surface area contributed by atoms with E-state index in [9.17, 15) is 13.2 Å². The van der Waals surface area contributed by atoms with Gasteiger partial charge in [-0.25, -0.2) is 8.42 Å². The zero-order chi connectivity index (χ0) is 21.6. The minimum absolute atomic E-state index is 0.142. The van der Waals surface area contributed by atoms with E-state index in [1.165, 1.54) is 18.2 Å². The van der Waals surface area contributed by atoms with Gasteiger partial charge in [0.1, 0.15) is 11.5 Å². The Balaban J connectivity index is 1.74. The van der Waals surface area contributed by atoms with Gasteiger partial charge in [0.2, 0.25) is 0 Å². The summed E-state index contributed by atoms with van der Waals surface area (Å²) in [5, 5.41) is 2.81. The molecule has 0 spiro atoms. The zero-order valence-corrected chi connectivity index (χ0v) is 17.4. The Morgan fingerprint density at radius 2 is 1.50 bits per heavy atom. The predicted octanol–water partition coefficient (Wildman–Crippen LogP) is 3.43. The second-order valence-corrected chi connectivity index (χ2v) is 8.01. The first-order valence-electron chi connectivity index (χ1n) is 9.10. The molecule has 3 aromatic rings. The molecule has 0 saturated heterocycles. The molecule has 0 fully saturated rings. The van der Waals surface area contributed by atoms with Crippen molar-refractivity contribution in [3.05, 3.63) is 83.9 Å². The van der Waals surface area contributed by atoms with Crippen LogP contribution >= 0.6 is 0 Å². The summed E-state index contributed by atoms with van der Waals surface area (Å²) in [5.41, 5.74) is 1.32. The molecule has 2 N–H and O–H groups in total. The lowest BCUT2D eigenvalue weighted by molar-refractivity contribution is 0.0950. The molecule has 0 unspecified atom stereocenters. The third kappa shape index (κ3) is 4.90. The highest BCUT2D eigenvalue weighted by atomic mass is 32.2. The number of amides is 1. The quantitative estimate of drug-likeness (QED) is 0.576.